The topological polar surface area (TPSA) is 38.7 Å². The Labute approximate surface area is 166 Å². The number of anilines is 1. The molecule has 2 aromatic rings. The Balaban J connectivity index is 1.64. The van der Waals surface area contributed by atoms with Gasteiger partial charge in [0.15, 0.2) is 0 Å². The number of likely N-dealkylation sites (N-methyl/N-ethyl adjacent to an activating group) is 1. The molecule has 0 radical (unpaired) electrons. The van der Waals surface area contributed by atoms with Crippen molar-refractivity contribution in [3.8, 4) is 16.9 Å². The molecule has 2 aliphatic heterocycles. The van der Waals surface area contributed by atoms with E-state index in [0.29, 0.717) is 11.1 Å². The number of fused-ring (bicyclic) bond motifs is 1. The average molecular weight is 384 g/mol. The zero-order valence-corrected chi connectivity index (χ0v) is 16.6. The van der Waals surface area contributed by atoms with E-state index in [4.69, 9.17) is 11.6 Å². The van der Waals surface area contributed by atoms with Crippen molar-refractivity contribution in [1.82, 2.24) is 9.80 Å². The van der Waals surface area contributed by atoms with E-state index in [1.54, 1.807) is 6.07 Å². The molecular weight excluding hydrogens is 358 g/mol. The number of piperidine rings is 1. The molecule has 27 heavy (non-hydrogen) atoms. The predicted octanol–water partition coefficient (Wildman–Crippen LogP) is 4.72. The molecule has 1 fully saturated rings. The van der Waals surface area contributed by atoms with Gasteiger partial charge >= 0.3 is 0 Å². The van der Waals surface area contributed by atoms with E-state index >= 15 is 0 Å². The Morgan fingerprint density at radius 3 is 2.56 bits per heavy atom. The Bertz CT molecular complexity index is 859. The van der Waals surface area contributed by atoms with Crippen LogP contribution in [0.1, 0.15) is 24.4 Å². The summed E-state index contributed by atoms with van der Waals surface area (Å²) >= 11 is 6.11. The third-order valence-corrected chi connectivity index (χ3v) is 6.17. The summed E-state index contributed by atoms with van der Waals surface area (Å²) in [5.74, 6) is 0.114. The Hall–Kier alpha value is -2.01. The number of halogens is 1. The van der Waals surface area contributed by atoms with Crippen molar-refractivity contribution < 1.29 is 5.11 Å². The van der Waals surface area contributed by atoms with Gasteiger partial charge in [0.1, 0.15) is 5.75 Å². The lowest BCUT2D eigenvalue weighted by Gasteiger charge is -2.40. The van der Waals surface area contributed by atoms with Crippen LogP contribution < -0.4 is 5.32 Å². The van der Waals surface area contributed by atoms with Crippen LogP contribution >= 0.6 is 11.6 Å². The molecule has 1 atom stereocenters. The maximum Gasteiger partial charge on any atom is 0.134 e. The normalized spacial score (nSPS) is 20.5. The number of nitrogens with one attached hydrogen (secondary N) is 1. The second kappa shape index (κ2) is 7.55. The third kappa shape index (κ3) is 3.70. The fourth-order valence-electron chi connectivity index (χ4n) is 4.12. The number of phenols is 1. The number of rotatable bonds is 3. The smallest absolute Gasteiger partial charge is 0.134 e. The van der Waals surface area contributed by atoms with Crippen molar-refractivity contribution in [3.63, 3.8) is 0 Å². The molecule has 0 bridgehead atoms. The highest BCUT2D eigenvalue weighted by molar-refractivity contribution is 6.32. The largest absolute Gasteiger partial charge is 0.506 e. The number of benzene rings is 2. The highest BCUT2D eigenvalue weighted by atomic mass is 35.5. The molecule has 4 rings (SSSR count). The number of hydrogen-bond donors (Lipinski definition) is 2. The van der Waals surface area contributed by atoms with Crippen molar-refractivity contribution in [3.05, 3.63) is 59.3 Å². The van der Waals surface area contributed by atoms with Gasteiger partial charge in [0.25, 0.3) is 0 Å². The van der Waals surface area contributed by atoms with Gasteiger partial charge in [-0.2, -0.15) is 0 Å². The fraction of sp³-hybridized carbons (Fsp3) is 0.364. The van der Waals surface area contributed by atoms with Crippen LogP contribution in [-0.2, 0) is 0 Å². The summed E-state index contributed by atoms with van der Waals surface area (Å²) in [6, 6.07) is 12.7. The van der Waals surface area contributed by atoms with Crippen molar-refractivity contribution in [2.24, 2.45) is 0 Å². The summed E-state index contributed by atoms with van der Waals surface area (Å²) in [5.41, 5.74) is 4.54. The van der Waals surface area contributed by atoms with Gasteiger partial charge in [0.2, 0.25) is 0 Å². The van der Waals surface area contributed by atoms with Gasteiger partial charge in [0.05, 0.1) is 11.1 Å². The molecule has 142 valence electrons. The van der Waals surface area contributed by atoms with Gasteiger partial charge in [-0.1, -0.05) is 23.7 Å². The predicted molar refractivity (Wildman–Crippen MR) is 112 cm³/mol. The van der Waals surface area contributed by atoms with Gasteiger partial charge in [-0.3, -0.25) is 4.90 Å². The minimum absolute atomic E-state index is 0.114. The molecule has 0 aromatic heterocycles. The van der Waals surface area contributed by atoms with E-state index in [2.05, 4.69) is 59.7 Å². The van der Waals surface area contributed by atoms with E-state index in [9.17, 15) is 5.11 Å². The number of likely N-dealkylation sites (tertiary alicyclic amines) is 1. The number of nitrogens with zero attached hydrogens (tertiary/aromatic N) is 2. The lowest BCUT2D eigenvalue weighted by molar-refractivity contribution is 0.123. The first-order valence-electron chi connectivity index (χ1n) is 9.49. The van der Waals surface area contributed by atoms with E-state index in [1.807, 2.05) is 12.1 Å². The molecule has 0 spiro atoms. The third-order valence-electron chi connectivity index (χ3n) is 5.87. The molecule has 2 N–H and O–H groups in total. The summed E-state index contributed by atoms with van der Waals surface area (Å²) in [6.07, 6.45) is 6.70. The molecule has 2 aromatic carbocycles. The first-order valence-corrected chi connectivity index (χ1v) is 9.87. The quantitative estimate of drug-likeness (QED) is 0.804. The lowest BCUT2D eigenvalue weighted by Crippen LogP contribution is -2.43. The second-order valence-corrected chi connectivity index (χ2v) is 8.02. The van der Waals surface area contributed by atoms with E-state index in [0.717, 1.165) is 29.9 Å². The molecule has 4 nitrogen and oxygen atoms in total. The van der Waals surface area contributed by atoms with Crippen LogP contribution in [0.25, 0.3) is 11.1 Å². The molecule has 2 heterocycles. The first-order chi connectivity index (χ1) is 13.0. The van der Waals surface area contributed by atoms with Crippen molar-refractivity contribution in [2.45, 2.75) is 24.9 Å². The summed E-state index contributed by atoms with van der Waals surface area (Å²) in [7, 11) is 4.44. The monoisotopic (exact) mass is 383 g/mol. The SMILES string of the molecule is CN1CCC(N(C)C2C=CNc3ccc(-c4ccc(O)c(Cl)c4)cc32)CC1. The van der Waals surface area contributed by atoms with Gasteiger partial charge in [0, 0.05) is 11.7 Å². The van der Waals surface area contributed by atoms with Gasteiger partial charge in [-0.05, 0) is 93.3 Å². The van der Waals surface area contributed by atoms with E-state index < -0.39 is 0 Å². The zero-order valence-electron chi connectivity index (χ0n) is 15.8. The van der Waals surface area contributed by atoms with Crippen LogP contribution in [0.15, 0.2) is 48.7 Å². The van der Waals surface area contributed by atoms with Gasteiger partial charge in [-0.15, -0.1) is 0 Å². The van der Waals surface area contributed by atoms with E-state index in [1.165, 1.54) is 18.4 Å². The van der Waals surface area contributed by atoms with Crippen molar-refractivity contribution in [2.75, 3.05) is 32.5 Å². The zero-order chi connectivity index (χ0) is 19.0. The van der Waals surface area contributed by atoms with Gasteiger partial charge < -0.3 is 15.3 Å². The Morgan fingerprint density at radius 2 is 1.81 bits per heavy atom. The maximum atomic E-state index is 9.70. The van der Waals surface area contributed by atoms with E-state index in [-0.39, 0.29) is 11.8 Å². The van der Waals surface area contributed by atoms with Crippen molar-refractivity contribution >= 4 is 17.3 Å². The van der Waals surface area contributed by atoms with Crippen LogP contribution in [0.2, 0.25) is 5.02 Å². The maximum absolute atomic E-state index is 9.70. The van der Waals surface area contributed by atoms with Crippen LogP contribution in [0.3, 0.4) is 0 Å². The highest BCUT2D eigenvalue weighted by Gasteiger charge is 2.28. The van der Waals surface area contributed by atoms with Gasteiger partial charge in [-0.25, -0.2) is 0 Å². The number of aromatic hydroxyl groups is 1. The number of hydrogen-bond acceptors (Lipinski definition) is 4. The summed E-state index contributed by atoms with van der Waals surface area (Å²) < 4.78 is 0. The minimum Gasteiger partial charge on any atom is -0.506 e. The fourth-order valence-corrected chi connectivity index (χ4v) is 4.30. The Kier molecular flexibility index (Phi) is 5.13. The molecule has 5 heteroatoms. The molecule has 2 aliphatic rings. The summed E-state index contributed by atoms with van der Waals surface area (Å²) in [5, 5.41) is 13.5. The molecule has 1 unspecified atom stereocenters. The minimum atomic E-state index is 0.114. The molecule has 0 aliphatic carbocycles. The van der Waals surface area contributed by atoms with Crippen LogP contribution in [0.5, 0.6) is 5.75 Å². The lowest BCUT2D eigenvalue weighted by atomic mass is 9.93. The molecule has 0 amide bonds. The molecule has 0 saturated carbocycles. The second-order valence-electron chi connectivity index (χ2n) is 7.62. The van der Waals surface area contributed by atoms with Crippen LogP contribution in [0.4, 0.5) is 5.69 Å². The average Bonchev–Trinajstić information content (AvgIpc) is 2.69. The Morgan fingerprint density at radius 1 is 1.11 bits per heavy atom. The standard InChI is InChI=1S/C22H26ClN3O/c1-25-11-8-17(9-12-25)26(2)21-7-10-24-20-5-3-15(13-18(20)21)16-4-6-22(27)19(23)14-16/h3-7,10,13-14,17,21,24,27H,8-9,11-12H2,1-2H3. The number of phenolic OH excluding ortho intramolecular Hbond substituents is 1. The van der Waals surface area contributed by atoms with Crippen molar-refractivity contribution in [1.29, 1.82) is 0 Å². The summed E-state index contributed by atoms with van der Waals surface area (Å²) in [6.45, 7) is 2.31. The van der Waals surface area contributed by atoms with Crippen LogP contribution in [-0.4, -0.2) is 48.1 Å². The molecule has 1 saturated heterocycles. The first kappa shape index (κ1) is 18.4. The molecular formula is C22H26ClN3O. The highest BCUT2D eigenvalue weighted by Crippen LogP contribution is 2.38. The van der Waals surface area contributed by atoms with Crippen LogP contribution in [0, 0.1) is 0 Å². The summed E-state index contributed by atoms with van der Waals surface area (Å²) in [4.78, 5) is 4.92.